The topological polar surface area (TPSA) is 101 Å². The number of nitrogens with zero attached hydrogens (tertiary/aromatic N) is 2. The molecule has 0 spiro atoms. The Morgan fingerprint density at radius 2 is 2.19 bits per heavy atom. The van der Waals surface area contributed by atoms with E-state index in [0.29, 0.717) is 19.5 Å². The number of hydrogen-bond donors (Lipinski definition) is 3. The first-order valence-corrected chi connectivity index (χ1v) is 5.15. The van der Waals surface area contributed by atoms with Crippen LogP contribution < -0.4 is 11.1 Å². The molecule has 0 aliphatic carbocycles. The lowest BCUT2D eigenvalue weighted by atomic mass is 10.2. The second kappa shape index (κ2) is 6.86. The van der Waals surface area contributed by atoms with Gasteiger partial charge in [0.05, 0.1) is 6.54 Å². The second-order valence-corrected chi connectivity index (χ2v) is 3.43. The van der Waals surface area contributed by atoms with Gasteiger partial charge in [-0.15, -0.1) is 0 Å². The predicted octanol–water partition coefficient (Wildman–Crippen LogP) is -0.242. The van der Waals surface area contributed by atoms with Gasteiger partial charge in [0, 0.05) is 12.4 Å². The summed E-state index contributed by atoms with van der Waals surface area (Å²) in [6.07, 6.45) is 4.56. The minimum atomic E-state index is -0.952. The highest BCUT2D eigenvalue weighted by atomic mass is 16.4. The van der Waals surface area contributed by atoms with Gasteiger partial charge in [-0.05, 0) is 25.5 Å². The van der Waals surface area contributed by atoms with E-state index >= 15 is 0 Å². The van der Waals surface area contributed by atoms with Gasteiger partial charge < -0.3 is 16.2 Å². The number of carboxylic acids is 1. The average molecular weight is 224 g/mol. The quantitative estimate of drug-likeness (QED) is 0.552. The van der Waals surface area contributed by atoms with Crippen LogP contribution in [0.3, 0.4) is 0 Å². The molecule has 6 nitrogen and oxygen atoms in total. The smallest absolute Gasteiger partial charge is 0.320 e. The monoisotopic (exact) mass is 224 g/mol. The summed E-state index contributed by atoms with van der Waals surface area (Å²) in [6.45, 7) is 1.29. The molecule has 6 heteroatoms. The molecule has 0 amide bonds. The van der Waals surface area contributed by atoms with Gasteiger partial charge in [0.2, 0.25) is 0 Å². The van der Waals surface area contributed by atoms with Crippen molar-refractivity contribution in [3.63, 3.8) is 0 Å². The van der Waals surface area contributed by atoms with Crippen LogP contribution >= 0.6 is 0 Å². The Morgan fingerprint density at radius 3 is 2.81 bits per heavy atom. The van der Waals surface area contributed by atoms with Gasteiger partial charge in [0.25, 0.3) is 0 Å². The molecule has 1 aromatic rings. The number of aliphatic carboxylic acids is 1. The fraction of sp³-hybridized carbons (Fsp3) is 0.500. The SMILES string of the molecule is NC(CCCNCc1ncccn1)C(=O)O. The summed E-state index contributed by atoms with van der Waals surface area (Å²) in [7, 11) is 0. The Kier molecular flexibility index (Phi) is 5.38. The van der Waals surface area contributed by atoms with Gasteiger partial charge in [-0.2, -0.15) is 0 Å². The minimum absolute atomic E-state index is 0.470. The Hall–Kier alpha value is -1.53. The summed E-state index contributed by atoms with van der Waals surface area (Å²) in [4.78, 5) is 18.5. The summed E-state index contributed by atoms with van der Waals surface area (Å²) in [5, 5.41) is 11.7. The van der Waals surface area contributed by atoms with Crippen LogP contribution in [0.1, 0.15) is 18.7 Å². The number of nitrogens with two attached hydrogens (primary N) is 1. The maximum Gasteiger partial charge on any atom is 0.320 e. The number of nitrogens with one attached hydrogen (secondary N) is 1. The lowest BCUT2D eigenvalue weighted by Gasteiger charge is -2.06. The molecule has 16 heavy (non-hydrogen) atoms. The lowest BCUT2D eigenvalue weighted by Crippen LogP contribution is -2.31. The molecule has 1 atom stereocenters. The first-order chi connectivity index (χ1) is 7.70. The zero-order valence-corrected chi connectivity index (χ0v) is 8.97. The van der Waals surface area contributed by atoms with Gasteiger partial charge in [-0.25, -0.2) is 9.97 Å². The molecular weight excluding hydrogens is 208 g/mol. The van der Waals surface area contributed by atoms with Crippen molar-refractivity contribution < 1.29 is 9.90 Å². The number of hydrogen-bond acceptors (Lipinski definition) is 5. The average Bonchev–Trinajstić information content (AvgIpc) is 2.29. The van der Waals surface area contributed by atoms with Crippen LogP contribution in [0.15, 0.2) is 18.5 Å². The third-order valence-corrected chi connectivity index (χ3v) is 2.09. The third kappa shape index (κ3) is 4.81. The van der Waals surface area contributed by atoms with E-state index < -0.39 is 12.0 Å². The Balaban J connectivity index is 2.07. The summed E-state index contributed by atoms with van der Waals surface area (Å²) < 4.78 is 0. The fourth-order valence-corrected chi connectivity index (χ4v) is 1.19. The molecule has 1 rings (SSSR count). The number of rotatable bonds is 7. The third-order valence-electron chi connectivity index (χ3n) is 2.09. The molecule has 0 aliphatic heterocycles. The van der Waals surface area contributed by atoms with E-state index in [0.717, 1.165) is 12.2 Å². The van der Waals surface area contributed by atoms with Crippen molar-refractivity contribution in [1.82, 2.24) is 15.3 Å². The Bertz CT molecular complexity index is 318. The first kappa shape index (κ1) is 12.5. The summed E-state index contributed by atoms with van der Waals surface area (Å²) in [5.74, 6) is -0.226. The van der Waals surface area contributed by atoms with Crippen LogP contribution in [-0.4, -0.2) is 33.6 Å². The first-order valence-electron chi connectivity index (χ1n) is 5.15. The second-order valence-electron chi connectivity index (χ2n) is 3.43. The molecule has 4 N–H and O–H groups in total. The molecule has 1 unspecified atom stereocenters. The van der Waals surface area contributed by atoms with E-state index in [4.69, 9.17) is 10.8 Å². The molecule has 0 saturated heterocycles. The van der Waals surface area contributed by atoms with Crippen LogP contribution in [-0.2, 0) is 11.3 Å². The zero-order valence-electron chi connectivity index (χ0n) is 8.97. The van der Waals surface area contributed by atoms with Crippen LogP contribution in [0, 0.1) is 0 Å². The van der Waals surface area contributed by atoms with E-state index in [9.17, 15) is 4.79 Å². The molecular formula is C10H16N4O2. The van der Waals surface area contributed by atoms with Crippen LogP contribution in [0.2, 0.25) is 0 Å². The molecule has 0 aromatic carbocycles. The summed E-state index contributed by atoms with van der Waals surface area (Å²) in [6, 6.07) is 0.991. The van der Waals surface area contributed by atoms with Crippen molar-refractivity contribution >= 4 is 5.97 Å². The summed E-state index contributed by atoms with van der Waals surface area (Å²) in [5.41, 5.74) is 5.36. The predicted molar refractivity (Wildman–Crippen MR) is 58.6 cm³/mol. The fourth-order valence-electron chi connectivity index (χ4n) is 1.19. The normalized spacial score (nSPS) is 12.3. The van der Waals surface area contributed by atoms with E-state index in [1.165, 1.54) is 0 Å². The highest BCUT2D eigenvalue weighted by Gasteiger charge is 2.09. The van der Waals surface area contributed by atoms with Crippen molar-refractivity contribution in [2.75, 3.05) is 6.54 Å². The molecule has 1 heterocycles. The van der Waals surface area contributed by atoms with Gasteiger partial charge in [0.15, 0.2) is 0 Å². The Morgan fingerprint density at radius 1 is 1.50 bits per heavy atom. The van der Waals surface area contributed by atoms with Crippen molar-refractivity contribution in [3.8, 4) is 0 Å². The highest BCUT2D eigenvalue weighted by Crippen LogP contribution is 1.94. The largest absolute Gasteiger partial charge is 0.480 e. The number of aromatic nitrogens is 2. The van der Waals surface area contributed by atoms with Gasteiger partial charge in [-0.1, -0.05) is 0 Å². The zero-order chi connectivity index (χ0) is 11.8. The molecule has 0 fully saturated rings. The molecule has 0 radical (unpaired) electrons. The molecule has 88 valence electrons. The number of carboxylic acid groups (broad SMARTS) is 1. The van der Waals surface area contributed by atoms with Crippen LogP contribution in [0.5, 0.6) is 0 Å². The maximum absolute atomic E-state index is 10.4. The lowest BCUT2D eigenvalue weighted by molar-refractivity contribution is -0.138. The minimum Gasteiger partial charge on any atom is -0.480 e. The van der Waals surface area contributed by atoms with Gasteiger partial charge in [0.1, 0.15) is 11.9 Å². The molecule has 0 saturated carbocycles. The van der Waals surface area contributed by atoms with Crippen molar-refractivity contribution in [1.29, 1.82) is 0 Å². The number of carbonyl (C=O) groups is 1. The highest BCUT2D eigenvalue weighted by molar-refractivity contribution is 5.72. The van der Waals surface area contributed by atoms with E-state index in [-0.39, 0.29) is 0 Å². The van der Waals surface area contributed by atoms with Crippen molar-refractivity contribution in [2.45, 2.75) is 25.4 Å². The van der Waals surface area contributed by atoms with Crippen LogP contribution in [0.4, 0.5) is 0 Å². The van der Waals surface area contributed by atoms with E-state index in [1.54, 1.807) is 18.5 Å². The molecule has 0 bridgehead atoms. The summed E-state index contributed by atoms with van der Waals surface area (Å²) >= 11 is 0. The van der Waals surface area contributed by atoms with E-state index in [1.807, 2.05) is 0 Å². The maximum atomic E-state index is 10.4. The molecule has 1 aromatic heterocycles. The van der Waals surface area contributed by atoms with Gasteiger partial charge >= 0.3 is 5.97 Å². The molecule has 0 aliphatic rings. The van der Waals surface area contributed by atoms with Crippen molar-refractivity contribution in [3.05, 3.63) is 24.3 Å². The van der Waals surface area contributed by atoms with Crippen LogP contribution in [0.25, 0.3) is 0 Å². The standard InChI is InChI=1S/C10H16N4O2/c11-8(10(15)16)3-1-4-12-7-9-13-5-2-6-14-9/h2,5-6,8,12H,1,3-4,7,11H2,(H,15,16). The van der Waals surface area contributed by atoms with Crippen molar-refractivity contribution in [2.24, 2.45) is 5.73 Å². The Labute approximate surface area is 93.9 Å². The van der Waals surface area contributed by atoms with E-state index in [2.05, 4.69) is 15.3 Å². The van der Waals surface area contributed by atoms with Gasteiger partial charge in [-0.3, -0.25) is 4.79 Å².